The predicted molar refractivity (Wildman–Crippen MR) is 137 cm³/mol. The highest BCUT2D eigenvalue weighted by Gasteiger charge is 2.17. The summed E-state index contributed by atoms with van der Waals surface area (Å²) in [6.07, 6.45) is 26.7. The number of rotatable bonds is 12. The van der Waals surface area contributed by atoms with Crippen molar-refractivity contribution in [2.45, 2.75) is 6.92 Å². The molecule has 1 heteroatoms. The number of nitrogens with zero attached hydrogens (tertiary/aromatic N) is 1. The number of para-hydroxylation sites is 1. The van der Waals surface area contributed by atoms with Gasteiger partial charge in [-0.15, -0.1) is 0 Å². The van der Waals surface area contributed by atoms with Crippen molar-refractivity contribution >= 4 is 11.3 Å². The van der Waals surface area contributed by atoms with E-state index < -0.39 is 0 Å². The SMILES string of the molecule is C=C/C=C\C(=C/C=C)c1ccccc1N(C(/C=C\C)=C/C=C)C(/C=C\C=C)=C/C=C. The van der Waals surface area contributed by atoms with E-state index in [0.29, 0.717) is 0 Å². The molecule has 1 rings (SSSR count). The summed E-state index contributed by atoms with van der Waals surface area (Å²) in [4.78, 5) is 2.16. The fourth-order valence-electron chi connectivity index (χ4n) is 2.86. The summed E-state index contributed by atoms with van der Waals surface area (Å²) in [6, 6.07) is 8.24. The van der Waals surface area contributed by atoms with E-state index in [1.807, 2.05) is 73.7 Å². The lowest BCUT2D eigenvalue weighted by Crippen LogP contribution is -2.21. The molecule has 0 saturated carbocycles. The molecule has 0 atom stereocenters. The molecule has 1 aromatic carbocycles. The van der Waals surface area contributed by atoms with Crippen LogP contribution in [0.2, 0.25) is 0 Å². The summed E-state index contributed by atoms with van der Waals surface area (Å²) in [5.41, 5.74) is 4.99. The molecule has 0 aliphatic heterocycles. The smallest absolute Gasteiger partial charge is 0.0540 e. The van der Waals surface area contributed by atoms with Gasteiger partial charge in [-0.05, 0) is 42.9 Å². The Bertz CT molecular complexity index is 942. The van der Waals surface area contributed by atoms with Crippen molar-refractivity contribution in [1.29, 1.82) is 0 Å². The van der Waals surface area contributed by atoms with E-state index in [4.69, 9.17) is 0 Å². The van der Waals surface area contributed by atoms with Crippen molar-refractivity contribution in [1.82, 2.24) is 0 Å². The van der Waals surface area contributed by atoms with Gasteiger partial charge in [-0.2, -0.15) is 0 Å². The van der Waals surface area contributed by atoms with Crippen LogP contribution in [0.4, 0.5) is 5.69 Å². The molecule has 1 aromatic rings. The minimum atomic E-state index is 0.939. The van der Waals surface area contributed by atoms with Crippen LogP contribution in [0.5, 0.6) is 0 Å². The Kier molecular flexibility index (Phi) is 11.5. The van der Waals surface area contributed by atoms with Gasteiger partial charge in [-0.1, -0.05) is 112 Å². The predicted octanol–water partition coefficient (Wildman–Crippen LogP) is 8.26. The summed E-state index contributed by atoms with van der Waals surface area (Å²) in [6.45, 7) is 21.3. The van der Waals surface area contributed by atoms with Crippen molar-refractivity contribution < 1.29 is 0 Å². The van der Waals surface area contributed by atoms with Gasteiger partial charge in [0.1, 0.15) is 0 Å². The molecular formula is C29H31N. The van der Waals surface area contributed by atoms with E-state index in [1.54, 1.807) is 30.4 Å². The second-order valence-corrected chi connectivity index (χ2v) is 6.05. The first-order chi connectivity index (χ1) is 14.7. The summed E-state index contributed by atoms with van der Waals surface area (Å²) in [5, 5.41) is 0. The van der Waals surface area contributed by atoms with Gasteiger partial charge in [0.15, 0.2) is 0 Å². The molecule has 0 fully saturated rings. The van der Waals surface area contributed by atoms with Crippen LogP contribution in [-0.2, 0) is 0 Å². The Balaban J connectivity index is 3.94. The van der Waals surface area contributed by atoms with E-state index in [1.165, 1.54) is 0 Å². The molecule has 0 N–H and O–H groups in total. The van der Waals surface area contributed by atoms with Crippen molar-refractivity contribution in [2.75, 3.05) is 4.90 Å². The molecule has 0 radical (unpaired) electrons. The highest BCUT2D eigenvalue weighted by Crippen LogP contribution is 2.34. The van der Waals surface area contributed by atoms with Crippen molar-refractivity contribution in [2.24, 2.45) is 0 Å². The van der Waals surface area contributed by atoms with Crippen LogP contribution in [0.15, 0.2) is 154 Å². The van der Waals surface area contributed by atoms with Crippen molar-refractivity contribution in [3.8, 4) is 0 Å². The van der Waals surface area contributed by atoms with Gasteiger partial charge in [-0.3, -0.25) is 0 Å². The maximum Gasteiger partial charge on any atom is 0.0540 e. The zero-order chi connectivity index (χ0) is 22.2. The summed E-state index contributed by atoms with van der Waals surface area (Å²) >= 11 is 0. The van der Waals surface area contributed by atoms with Crippen molar-refractivity contribution in [3.05, 3.63) is 159 Å². The van der Waals surface area contributed by atoms with Gasteiger partial charge in [-0.25, -0.2) is 0 Å². The molecule has 0 aliphatic rings. The minimum Gasteiger partial charge on any atom is -0.310 e. The van der Waals surface area contributed by atoms with Crippen LogP contribution in [0.3, 0.4) is 0 Å². The monoisotopic (exact) mass is 393 g/mol. The van der Waals surface area contributed by atoms with Crippen LogP contribution in [0.25, 0.3) is 5.57 Å². The van der Waals surface area contributed by atoms with Gasteiger partial charge in [0, 0.05) is 17.0 Å². The van der Waals surface area contributed by atoms with E-state index in [0.717, 1.165) is 28.2 Å². The number of hydrogen-bond donors (Lipinski definition) is 0. The maximum absolute atomic E-state index is 3.90. The number of hydrogen-bond acceptors (Lipinski definition) is 1. The van der Waals surface area contributed by atoms with Crippen LogP contribution in [0, 0.1) is 0 Å². The third kappa shape index (κ3) is 6.96. The fraction of sp³-hybridized carbons (Fsp3) is 0.0345. The standard InChI is InChI=1S/C29H31N/c1-7-13-21-25(17-9-3)28-23-15-16-24-29(28)30(26(18-10-4)19-11-5)27(20-12-6)22-14-8-2/h7-24H,1-4,6H2,5H3/b19-11-,21-13-,22-14-,25-17+,26-18+,27-20+. The normalized spacial score (nSPS) is 13.0. The Morgan fingerprint density at radius 2 is 1.27 bits per heavy atom. The second-order valence-electron chi connectivity index (χ2n) is 6.05. The van der Waals surface area contributed by atoms with Gasteiger partial charge >= 0.3 is 0 Å². The Hall–Kier alpha value is -3.84. The third-order valence-corrected chi connectivity index (χ3v) is 4.00. The lowest BCUT2D eigenvalue weighted by molar-refractivity contribution is 1.13. The average molecular weight is 394 g/mol. The summed E-state index contributed by atoms with van der Waals surface area (Å²) in [7, 11) is 0. The Morgan fingerprint density at radius 1 is 0.700 bits per heavy atom. The first kappa shape index (κ1) is 24.2. The molecule has 0 spiro atoms. The van der Waals surface area contributed by atoms with Gasteiger partial charge in [0.25, 0.3) is 0 Å². The molecule has 0 amide bonds. The topological polar surface area (TPSA) is 3.24 Å². The number of benzene rings is 1. The van der Waals surface area contributed by atoms with Gasteiger partial charge in [0.2, 0.25) is 0 Å². The average Bonchev–Trinajstić information content (AvgIpc) is 2.76. The molecular weight excluding hydrogens is 362 g/mol. The van der Waals surface area contributed by atoms with Crippen LogP contribution in [-0.4, -0.2) is 0 Å². The fourth-order valence-corrected chi connectivity index (χ4v) is 2.86. The minimum absolute atomic E-state index is 0.939. The second kappa shape index (κ2) is 14.2. The lowest BCUT2D eigenvalue weighted by atomic mass is 10.0. The molecule has 30 heavy (non-hydrogen) atoms. The summed E-state index contributed by atoms with van der Waals surface area (Å²) < 4.78 is 0. The Labute approximate surface area is 182 Å². The molecule has 0 aliphatic carbocycles. The third-order valence-electron chi connectivity index (χ3n) is 4.00. The number of allylic oxidation sites excluding steroid dienone is 15. The molecule has 0 aromatic heterocycles. The zero-order valence-corrected chi connectivity index (χ0v) is 17.9. The zero-order valence-electron chi connectivity index (χ0n) is 17.9. The highest BCUT2D eigenvalue weighted by atomic mass is 15.2. The highest BCUT2D eigenvalue weighted by molar-refractivity contribution is 5.85. The van der Waals surface area contributed by atoms with Crippen LogP contribution < -0.4 is 4.90 Å². The van der Waals surface area contributed by atoms with Crippen molar-refractivity contribution in [3.63, 3.8) is 0 Å². The van der Waals surface area contributed by atoms with E-state index >= 15 is 0 Å². The number of anilines is 1. The molecule has 1 nitrogen and oxygen atoms in total. The first-order valence-corrected chi connectivity index (χ1v) is 9.77. The summed E-state index contributed by atoms with van der Waals surface area (Å²) in [5.74, 6) is 0. The largest absolute Gasteiger partial charge is 0.310 e. The lowest BCUT2D eigenvalue weighted by Gasteiger charge is -2.29. The molecule has 0 saturated heterocycles. The molecule has 0 unspecified atom stereocenters. The van der Waals surface area contributed by atoms with Gasteiger partial charge < -0.3 is 4.90 Å². The Morgan fingerprint density at radius 3 is 1.83 bits per heavy atom. The van der Waals surface area contributed by atoms with E-state index in [-0.39, 0.29) is 0 Å². The molecule has 152 valence electrons. The van der Waals surface area contributed by atoms with Crippen LogP contribution in [0.1, 0.15) is 12.5 Å². The van der Waals surface area contributed by atoms with E-state index in [2.05, 4.69) is 49.9 Å². The first-order valence-electron chi connectivity index (χ1n) is 9.77. The van der Waals surface area contributed by atoms with Crippen LogP contribution >= 0.6 is 0 Å². The quantitative estimate of drug-likeness (QED) is 0.323. The van der Waals surface area contributed by atoms with E-state index in [9.17, 15) is 0 Å². The molecule has 0 heterocycles. The molecule has 0 bridgehead atoms. The maximum atomic E-state index is 3.90. The van der Waals surface area contributed by atoms with Gasteiger partial charge in [0.05, 0.1) is 5.69 Å².